The summed E-state index contributed by atoms with van der Waals surface area (Å²) < 4.78 is 5.92. The lowest BCUT2D eigenvalue weighted by Gasteiger charge is -2.30. The van der Waals surface area contributed by atoms with Crippen molar-refractivity contribution in [1.82, 2.24) is 14.9 Å². The molecule has 4 heterocycles. The Balaban J connectivity index is 1.33. The Morgan fingerprint density at radius 1 is 1.04 bits per heavy atom. The molecule has 0 atom stereocenters. The van der Waals surface area contributed by atoms with Gasteiger partial charge in [-0.15, -0.1) is 0 Å². The van der Waals surface area contributed by atoms with E-state index in [0.717, 1.165) is 62.3 Å². The van der Waals surface area contributed by atoms with Crippen LogP contribution in [0.25, 0.3) is 0 Å². The van der Waals surface area contributed by atoms with Gasteiger partial charge in [0, 0.05) is 46.2 Å². The second kappa shape index (κ2) is 8.78. The molecule has 0 bridgehead atoms. The highest BCUT2D eigenvalue weighted by Crippen LogP contribution is 2.25. The van der Waals surface area contributed by atoms with Crippen molar-refractivity contribution in [3.05, 3.63) is 41.6 Å². The molecule has 2 aromatic heterocycles. The molecule has 2 aromatic rings. The van der Waals surface area contributed by atoms with Crippen LogP contribution in [0.2, 0.25) is 0 Å². The molecule has 0 amide bonds. The molecule has 2 aliphatic rings. The molecule has 0 aliphatic carbocycles. The van der Waals surface area contributed by atoms with Gasteiger partial charge in [-0.25, -0.2) is 9.97 Å². The highest BCUT2D eigenvalue weighted by molar-refractivity contribution is 5.49. The first-order valence-electron chi connectivity index (χ1n) is 10.4. The van der Waals surface area contributed by atoms with Gasteiger partial charge < -0.3 is 19.4 Å². The molecule has 1 fully saturated rings. The van der Waals surface area contributed by atoms with E-state index >= 15 is 0 Å². The number of pyridine rings is 2. The molecule has 2 aliphatic heterocycles. The largest absolute Gasteiger partial charge is 0.478 e. The summed E-state index contributed by atoms with van der Waals surface area (Å²) in [6, 6.07) is 10.4. The molecule has 150 valence electrons. The fourth-order valence-electron chi connectivity index (χ4n) is 3.98. The first-order valence-corrected chi connectivity index (χ1v) is 10.4. The number of likely N-dealkylation sites (tertiary alicyclic amines) is 1. The van der Waals surface area contributed by atoms with Gasteiger partial charge in [0.25, 0.3) is 0 Å². The topological polar surface area (TPSA) is 44.7 Å². The Labute approximate surface area is 168 Å². The summed E-state index contributed by atoms with van der Waals surface area (Å²) in [5.41, 5.74) is 2.43. The summed E-state index contributed by atoms with van der Waals surface area (Å²) in [5.74, 6) is 2.78. The van der Waals surface area contributed by atoms with E-state index in [1.807, 2.05) is 31.1 Å². The SMILES string of the molecule is CN(C)c1cccc(N2CCc3nc(OCCCN4CCCC4)ccc3C2)n1. The van der Waals surface area contributed by atoms with Crippen molar-refractivity contribution in [2.24, 2.45) is 0 Å². The van der Waals surface area contributed by atoms with Crippen molar-refractivity contribution in [1.29, 1.82) is 0 Å². The Bertz CT molecular complexity index is 788. The van der Waals surface area contributed by atoms with Gasteiger partial charge in [-0.1, -0.05) is 12.1 Å². The zero-order valence-corrected chi connectivity index (χ0v) is 17.1. The standard InChI is InChI=1S/C22H31N5O/c1-25(2)20-7-5-8-21(24-20)27-15-11-19-18(17-27)9-10-22(23-19)28-16-6-14-26-12-3-4-13-26/h5,7-10H,3-4,6,11-17H2,1-2H3. The van der Waals surface area contributed by atoms with Gasteiger partial charge >= 0.3 is 0 Å². The maximum Gasteiger partial charge on any atom is 0.213 e. The Hall–Kier alpha value is -2.34. The van der Waals surface area contributed by atoms with Crippen LogP contribution >= 0.6 is 0 Å². The van der Waals surface area contributed by atoms with Crippen molar-refractivity contribution >= 4 is 11.6 Å². The van der Waals surface area contributed by atoms with Gasteiger partial charge in [-0.3, -0.25) is 0 Å². The van der Waals surface area contributed by atoms with Crippen LogP contribution in [-0.2, 0) is 13.0 Å². The van der Waals surface area contributed by atoms with Crippen molar-refractivity contribution in [3.8, 4) is 5.88 Å². The fourth-order valence-corrected chi connectivity index (χ4v) is 3.98. The van der Waals surface area contributed by atoms with Gasteiger partial charge in [0.2, 0.25) is 5.88 Å². The molecule has 4 rings (SSSR count). The molecule has 0 radical (unpaired) electrons. The molecule has 6 heteroatoms. The average Bonchev–Trinajstić information content (AvgIpc) is 3.24. The lowest BCUT2D eigenvalue weighted by Crippen LogP contribution is -2.32. The lowest BCUT2D eigenvalue weighted by molar-refractivity contribution is 0.256. The minimum absolute atomic E-state index is 0.746. The fraction of sp³-hybridized carbons (Fsp3) is 0.545. The molecular weight excluding hydrogens is 350 g/mol. The minimum Gasteiger partial charge on any atom is -0.478 e. The Kier molecular flexibility index (Phi) is 5.95. The van der Waals surface area contributed by atoms with E-state index in [1.165, 1.54) is 31.5 Å². The van der Waals surface area contributed by atoms with Crippen molar-refractivity contribution in [2.75, 3.05) is 56.7 Å². The highest BCUT2D eigenvalue weighted by atomic mass is 16.5. The van der Waals surface area contributed by atoms with E-state index in [-0.39, 0.29) is 0 Å². The zero-order chi connectivity index (χ0) is 19.3. The highest BCUT2D eigenvalue weighted by Gasteiger charge is 2.19. The maximum absolute atomic E-state index is 5.92. The number of rotatable bonds is 7. The summed E-state index contributed by atoms with van der Waals surface area (Å²) in [5, 5.41) is 0. The number of aromatic nitrogens is 2. The van der Waals surface area contributed by atoms with Crippen molar-refractivity contribution < 1.29 is 4.74 Å². The molecule has 6 nitrogen and oxygen atoms in total. The normalized spacial score (nSPS) is 16.9. The third kappa shape index (κ3) is 4.55. The van der Waals surface area contributed by atoms with Crippen LogP contribution in [0.15, 0.2) is 30.3 Å². The summed E-state index contributed by atoms with van der Waals surface area (Å²) in [6.45, 7) is 6.16. The average molecular weight is 382 g/mol. The van der Waals surface area contributed by atoms with Crippen LogP contribution in [0, 0.1) is 0 Å². The van der Waals surface area contributed by atoms with Gasteiger partial charge in [0.15, 0.2) is 0 Å². The number of ether oxygens (including phenoxy) is 1. The van der Waals surface area contributed by atoms with E-state index in [1.54, 1.807) is 0 Å². The minimum atomic E-state index is 0.746. The quantitative estimate of drug-likeness (QED) is 0.687. The molecule has 0 spiro atoms. The van der Waals surface area contributed by atoms with Crippen LogP contribution < -0.4 is 14.5 Å². The Morgan fingerprint density at radius 3 is 2.71 bits per heavy atom. The smallest absolute Gasteiger partial charge is 0.213 e. The van der Waals surface area contributed by atoms with Gasteiger partial charge in [0.05, 0.1) is 12.3 Å². The summed E-state index contributed by atoms with van der Waals surface area (Å²) >= 11 is 0. The van der Waals surface area contributed by atoms with E-state index in [9.17, 15) is 0 Å². The van der Waals surface area contributed by atoms with Crippen LogP contribution in [0.4, 0.5) is 11.6 Å². The third-order valence-corrected chi connectivity index (χ3v) is 5.59. The van der Waals surface area contributed by atoms with Crippen molar-refractivity contribution in [2.45, 2.75) is 32.2 Å². The number of hydrogen-bond acceptors (Lipinski definition) is 6. The maximum atomic E-state index is 5.92. The summed E-state index contributed by atoms with van der Waals surface area (Å²) in [7, 11) is 4.04. The molecule has 0 aromatic carbocycles. The molecule has 1 saturated heterocycles. The van der Waals surface area contributed by atoms with E-state index in [2.05, 4.69) is 28.0 Å². The van der Waals surface area contributed by atoms with Gasteiger partial charge in [-0.05, 0) is 50.0 Å². The first kappa shape index (κ1) is 19.0. The van der Waals surface area contributed by atoms with E-state index < -0.39 is 0 Å². The monoisotopic (exact) mass is 381 g/mol. The van der Waals surface area contributed by atoms with E-state index in [4.69, 9.17) is 14.7 Å². The molecular formula is C22H31N5O. The van der Waals surface area contributed by atoms with Gasteiger partial charge in [-0.2, -0.15) is 0 Å². The summed E-state index contributed by atoms with van der Waals surface area (Å²) in [4.78, 5) is 16.4. The first-order chi connectivity index (χ1) is 13.7. The van der Waals surface area contributed by atoms with Crippen LogP contribution in [0.1, 0.15) is 30.5 Å². The van der Waals surface area contributed by atoms with Gasteiger partial charge in [0.1, 0.15) is 11.6 Å². The third-order valence-electron chi connectivity index (χ3n) is 5.59. The second-order valence-corrected chi connectivity index (χ2v) is 7.93. The molecule has 0 unspecified atom stereocenters. The van der Waals surface area contributed by atoms with E-state index in [0.29, 0.717) is 0 Å². The van der Waals surface area contributed by atoms with Crippen molar-refractivity contribution in [3.63, 3.8) is 0 Å². The summed E-state index contributed by atoms with van der Waals surface area (Å²) in [6.07, 6.45) is 4.69. The number of nitrogens with zero attached hydrogens (tertiary/aromatic N) is 5. The van der Waals surface area contributed by atoms with Crippen LogP contribution in [0.3, 0.4) is 0 Å². The molecule has 0 N–H and O–H groups in total. The lowest BCUT2D eigenvalue weighted by atomic mass is 10.1. The predicted octanol–water partition coefficient (Wildman–Crippen LogP) is 2.97. The number of fused-ring (bicyclic) bond motifs is 1. The molecule has 28 heavy (non-hydrogen) atoms. The van der Waals surface area contributed by atoms with Crippen LogP contribution in [-0.4, -0.2) is 61.7 Å². The Morgan fingerprint density at radius 2 is 1.89 bits per heavy atom. The second-order valence-electron chi connectivity index (χ2n) is 7.93. The number of anilines is 2. The molecule has 0 saturated carbocycles. The van der Waals surface area contributed by atoms with Crippen LogP contribution in [0.5, 0.6) is 5.88 Å². The predicted molar refractivity (Wildman–Crippen MR) is 113 cm³/mol. The zero-order valence-electron chi connectivity index (χ0n) is 17.1. The number of hydrogen-bond donors (Lipinski definition) is 0.